The van der Waals surface area contributed by atoms with Crippen molar-refractivity contribution in [2.45, 2.75) is 19.0 Å². The molecular formula is C20H21NO2. The van der Waals surface area contributed by atoms with E-state index in [9.17, 15) is 4.79 Å². The highest BCUT2D eigenvalue weighted by atomic mass is 16.5. The number of carbonyl (C=O) groups is 1. The predicted octanol–water partition coefficient (Wildman–Crippen LogP) is 3.30. The maximum absolute atomic E-state index is 12.1. The summed E-state index contributed by atoms with van der Waals surface area (Å²) in [7, 11) is 1.46. The largest absolute Gasteiger partial charge is 0.468 e. The minimum atomic E-state index is -0.213. The molecule has 2 aromatic rings. The summed E-state index contributed by atoms with van der Waals surface area (Å²) in [4.78, 5) is 14.3. The first kappa shape index (κ1) is 15.5. The van der Waals surface area contributed by atoms with E-state index in [1.54, 1.807) is 0 Å². The van der Waals surface area contributed by atoms with E-state index in [1.807, 2.05) is 24.3 Å². The average Bonchev–Trinajstić information content (AvgIpc) is 2.61. The van der Waals surface area contributed by atoms with Crippen molar-refractivity contribution in [3.63, 3.8) is 0 Å². The second kappa shape index (κ2) is 7.25. The number of esters is 1. The summed E-state index contributed by atoms with van der Waals surface area (Å²) < 4.78 is 4.99. The van der Waals surface area contributed by atoms with Crippen molar-refractivity contribution >= 4 is 12.0 Å². The maximum Gasteiger partial charge on any atom is 0.323 e. The third-order valence-corrected chi connectivity index (χ3v) is 4.27. The molecule has 0 aromatic heterocycles. The summed E-state index contributed by atoms with van der Waals surface area (Å²) in [5, 5.41) is 0. The monoisotopic (exact) mass is 307 g/mol. The molecule has 0 saturated heterocycles. The Morgan fingerprint density at radius 1 is 1.13 bits per heavy atom. The Kier molecular flexibility index (Phi) is 4.89. The highest BCUT2D eigenvalue weighted by Gasteiger charge is 2.31. The van der Waals surface area contributed by atoms with E-state index < -0.39 is 0 Å². The quantitative estimate of drug-likeness (QED) is 0.812. The number of benzene rings is 2. The summed E-state index contributed by atoms with van der Waals surface area (Å²) in [5.41, 5.74) is 3.70. The second-order valence-corrected chi connectivity index (χ2v) is 5.75. The molecule has 3 heteroatoms. The van der Waals surface area contributed by atoms with Crippen LogP contribution in [0.1, 0.15) is 16.7 Å². The van der Waals surface area contributed by atoms with Crippen LogP contribution in [0, 0.1) is 0 Å². The molecule has 0 amide bonds. The second-order valence-electron chi connectivity index (χ2n) is 5.75. The lowest BCUT2D eigenvalue weighted by atomic mass is 9.94. The fourth-order valence-corrected chi connectivity index (χ4v) is 3.03. The predicted molar refractivity (Wildman–Crippen MR) is 91.8 cm³/mol. The van der Waals surface area contributed by atoms with Crippen molar-refractivity contribution in [3.05, 3.63) is 77.4 Å². The van der Waals surface area contributed by atoms with Crippen LogP contribution in [0.5, 0.6) is 0 Å². The SMILES string of the molecule is COC(=O)C1Cc2ccccc2CN1C/C=C/c1ccccc1. The van der Waals surface area contributed by atoms with Crippen molar-refractivity contribution < 1.29 is 9.53 Å². The molecule has 1 aliphatic rings. The number of rotatable bonds is 4. The molecule has 0 N–H and O–H groups in total. The molecule has 118 valence electrons. The van der Waals surface area contributed by atoms with Gasteiger partial charge >= 0.3 is 5.97 Å². The first-order chi connectivity index (χ1) is 11.3. The minimum absolute atomic E-state index is 0.160. The first-order valence-corrected chi connectivity index (χ1v) is 7.88. The van der Waals surface area contributed by atoms with Gasteiger partial charge in [0.25, 0.3) is 0 Å². The normalized spacial score (nSPS) is 17.9. The Morgan fingerprint density at radius 2 is 1.83 bits per heavy atom. The van der Waals surface area contributed by atoms with Crippen LogP contribution in [0.4, 0.5) is 0 Å². The summed E-state index contributed by atoms with van der Waals surface area (Å²) >= 11 is 0. The van der Waals surface area contributed by atoms with Gasteiger partial charge in [0.05, 0.1) is 7.11 Å². The molecule has 0 bridgehead atoms. The number of fused-ring (bicyclic) bond motifs is 1. The fourth-order valence-electron chi connectivity index (χ4n) is 3.03. The van der Waals surface area contributed by atoms with Crippen LogP contribution >= 0.6 is 0 Å². The number of nitrogens with zero attached hydrogens (tertiary/aromatic N) is 1. The van der Waals surface area contributed by atoms with E-state index >= 15 is 0 Å². The maximum atomic E-state index is 12.1. The van der Waals surface area contributed by atoms with Crippen molar-refractivity contribution in [1.29, 1.82) is 0 Å². The molecule has 1 heterocycles. The van der Waals surface area contributed by atoms with Gasteiger partial charge in [0.15, 0.2) is 0 Å². The Balaban J connectivity index is 1.75. The van der Waals surface area contributed by atoms with E-state index in [4.69, 9.17) is 4.74 Å². The molecule has 1 unspecified atom stereocenters. The van der Waals surface area contributed by atoms with Gasteiger partial charge in [-0.05, 0) is 23.1 Å². The van der Waals surface area contributed by atoms with Gasteiger partial charge in [-0.2, -0.15) is 0 Å². The zero-order chi connectivity index (χ0) is 16.1. The number of methoxy groups -OCH3 is 1. The number of hydrogen-bond acceptors (Lipinski definition) is 3. The molecule has 0 aliphatic carbocycles. The van der Waals surface area contributed by atoms with Crippen LogP contribution in [0.15, 0.2) is 60.7 Å². The lowest BCUT2D eigenvalue weighted by Crippen LogP contribution is -2.46. The van der Waals surface area contributed by atoms with Gasteiger partial charge in [0.1, 0.15) is 6.04 Å². The fraction of sp³-hybridized carbons (Fsp3) is 0.250. The number of ether oxygens (including phenoxy) is 1. The Morgan fingerprint density at radius 3 is 2.57 bits per heavy atom. The third kappa shape index (κ3) is 3.69. The van der Waals surface area contributed by atoms with Gasteiger partial charge in [-0.1, -0.05) is 66.7 Å². The van der Waals surface area contributed by atoms with Crippen LogP contribution in [0.2, 0.25) is 0 Å². The standard InChI is InChI=1S/C20H21NO2/c1-23-20(22)19-14-17-11-5-6-12-18(17)15-21(19)13-7-10-16-8-3-2-4-9-16/h2-12,19H,13-15H2,1H3/b10-7+. The first-order valence-electron chi connectivity index (χ1n) is 7.88. The van der Waals surface area contributed by atoms with Gasteiger partial charge in [-0.15, -0.1) is 0 Å². The zero-order valence-corrected chi connectivity index (χ0v) is 13.3. The van der Waals surface area contributed by atoms with Crippen molar-refractivity contribution in [1.82, 2.24) is 4.90 Å². The van der Waals surface area contributed by atoms with Gasteiger partial charge in [-0.25, -0.2) is 0 Å². The van der Waals surface area contributed by atoms with Gasteiger partial charge in [0, 0.05) is 13.1 Å². The van der Waals surface area contributed by atoms with Crippen LogP contribution in [-0.4, -0.2) is 30.6 Å². The van der Waals surface area contributed by atoms with Crippen LogP contribution in [-0.2, 0) is 22.5 Å². The zero-order valence-electron chi connectivity index (χ0n) is 13.3. The molecule has 0 fully saturated rings. The van der Waals surface area contributed by atoms with E-state index in [0.29, 0.717) is 6.42 Å². The number of hydrogen-bond donors (Lipinski definition) is 0. The molecule has 3 rings (SSSR count). The van der Waals surface area contributed by atoms with Crippen LogP contribution < -0.4 is 0 Å². The summed E-state index contributed by atoms with van der Waals surface area (Å²) in [5.74, 6) is -0.160. The Labute approximate surface area is 137 Å². The van der Waals surface area contributed by atoms with Gasteiger partial charge in [0.2, 0.25) is 0 Å². The van der Waals surface area contributed by atoms with Crippen molar-refractivity contribution in [2.75, 3.05) is 13.7 Å². The Bertz CT molecular complexity index is 694. The highest BCUT2D eigenvalue weighted by Crippen LogP contribution is 2.24. The molecule has 1 aliphatic heterocycles. The van der Waals surface area contributed by atoms with Gasteiger partial charge < -0.3 is 4.74 Å². The number of carbonyl (C=O) groups excluding carboxylic acids is 1. The summed E-state index contributed by atoms with van der Waals surface area (Å²) in [6.45, 7) is 1.50. The molecule has 0 radical (unpaired) electrons. The van der Waals surface area contributed by atoms with Crippen LogP contribution in [0.25, 0.3) is 6.08 Å². The molecule has 2 aromatic carbocycles. The van der Waals surface area contributed by atoms with Crippen LogP contribution in [0.3, 0.4) is 0 Å². The summed E-state index contributed by atoms with van der Waals surface area (Å²) in [6.07, 6.45) is 4.91. The highest BCUT2D eigenvalue weighted by molar-refractivity contribution is 5.76. The molecular weight excluding hydrogens is 286 g/mol. The van der Waals surface area contributed by atoms with E-state index in [-0.39, 0.29) is 12.0 Å². The van der Waals surface area contributed by atoms with E-state index in [0.717, 1.165) is 13.1 Å². The van der Waals surface area contributed by atoms with Gasteiger partial charge in [-0.3, -0.25) is 9.69 Å². The summed E-state index contributed by atoms with van der Waals surface area (Å²) in [6, 6.07) is 18.3. The molecule has 1 atom stereocenters. The Hall–Kier alpha value is -2.39. The topological polar surface area (TPSA) is 29.5 Å². The van der Waals surface area contributed by atoms with Crippen molar-refractivity contribution in [3.8, 4) is 0 Å². The smallest absolute Gasteiger partial charge is 0.323 e. The minimum Gasteiger partial charge on any atom is -0.468 e. The van der Waals surface area contributed by atoms with Crippen molar-refractivity contribution in [2.24, 2.45) is 0 Å². The third-order valence-electron chi connectivity index (χ3n) is 4.27. The molecule has 0 spiro atoms. The van der Waals surface area contributed by atoms with E-state index in [2.05, 4.69) is 47.4 Å². The molecule has 23 heavy (non-hydrogen) atoms. The lowest BCUT2D eigenvalue weighted by molar-refractivity contribution is -0.147. The lowest BCUT2D eigenvalue weighted by Gasteiger charge is -2.34. The van der Waals surface area contributed by atoms with E-state index in [1.165, 1.54) is 23.8 Å². The molecule has 3 nitrogen and oxygen atoms in total. The molecule has 0 saturated carbocycles. The average molecular weight is 307 g/mol.